The molecule has 0 aliphatic heterocycles. The molecule has 0 saturated carbocycles. The Balaban J connectivity index is 3.14. The third-order valence-electron chi connectivity index (χ3n) is 0.304. The van der Waals surface area contributed by atoms with Crippen molar-refractivity contribution in [2.45, 2.75) is 6.92 Å². The van der Waals surface area contributed by atoms with E-state index in [1.807, 2.05) is 0 Å². The minimum atomic E-state index is 0.692. The Bertz CT molecular complexity index is 54.6. The molecule has 0 aromatic carbocycles. The van der Waals surface area contributed by atoms with Gasteiger partial charge in [-0.05, 0) is 6.92 Å². The molecular weight excluding hydrogens is 78.0 g/mol. The van der Waals surface area contributed by atoms with E-state index in [2.05, 4.69) is 4.74 Å². The molecule has 0 aliphatic rings. The number of rotatable bonds is 1. The van der Waals surface area contributed by atoms with Crippen LogP contribution in [0.2, 0.25) is 0 Å². The number of allylic oxidation sites excluding steroid dienone is 1. The van der Waals surface area contributed by atoms with Gasteiger partial charge in [0.1, 0.15) is 6.26 Å². The minimum Gasteiger partial charge on any atom is -0.503 e. The van der Waals surface area contributed by atoms with Crippen LogP contribution >= 0.6 is 0 Å². The number of hydrogen-bond acceptors (Lipinski definition) is 2. The van der Waals surface area contributed by atoms with Crippen molar-refractivity contribution in [3.63, 3.8) is 0 Å². The summed E-state index contributed by atoms with van der Waals surface area (Å²) in [6, 6.07) is 0. The molecule has 2 N–H and O–H groups in total. The summed E-state index contributed by atoms with van der Waals surface area (Å²) in [5.41, 5.74) is 5.83. The molecule has 0 spiro atoms. The maximum Gasteiger partial charge on any atom is 0.101 e. The normalized spacial score (nSPS) is 11.3. The van der Waals surface area contributed by atoms with E-state index >= 15 is 0 Å². The molecule has 0 saturated heterocycles. The fourth-order valence-corrected chi connectivity index (χ4v) is 0.186. The van der Waals surface area contributed by atoms with Gasteiger partial charge in [-0.15, -0.1) is 0 Å². The van der Waals surface area contributed by atoms with Gasteiger partial charge in [0, 0.05) is 5.70 Å². The van der Waals surface area contributed by atoms with Gasteiger partial charge in [-0.2, -0.15) is 0 Å². The van der Waals surface area contributed by atoms with Crippen LogP contribution in [-0.2, 0) is 4.74 Å². The van der Waals surface area contributed by atoms with Crippen LogP contribution < -0.4 is 5.73 Å². The molecule has 0 amide bonds. The van der Waals surface area contributed by atoms with E-state index in [4.69, 9.17) is 5.73 Å². The standard InChI is InChI=1S/C4H9NO/c1-4(5)3-6-2/h3H,5H2,1-2H3/b4-3-. The van der Waals surface area contributed by atoms with Crippen molar-refractivity contribution in [3.05, 3.63) is 12.0 Å². The molecule has 0 fully saturated rings. The third kappa shape index (κ3) is 3.34. The third-order valence-corrected chi connectivity index (χ3v) is 0.304. The van der Waals surface area contributed by atoms with Crippen LogP contribution in [0.15, 0.2) is 12.0 Å². The van der Waals surface area contributed by atoms with Crippen molar-refractivity contribution in [1.29, 1.82) is 0 Å². The van der Waals surface area contributed by atoms with E-state index in [0.29, 0.717) is 5.70 Å². The first-order chi connectivity index (χ1) is 2.77. The number of nitrogens with two attached hydrogens (primary N) is 1. The highest BCUT2D eigenvalue weighted by atomic mass is 16.5. The smallest absolute Gasteiger partial charge is 0.101 e. The van der Waals surface area contributed by atoms with Crippen molar-refractivity contribution < 1.29 is 4.74 Å². The topological polar surface area (TPSA) is 35.2 Å². The van der Waals surface area contributed by atoms with E-state index in [1.165, 1.54) is 6.26 Å². The zero-order valence-corrected chi connectivity index (χ0v) is 4.06. The highest BCUT2D eigenvalue weighted by molar-refractivity contribution is 4.83. The Labute approximate surface area is 37.6 Å². The van der Waals surface area contributed by atoms with E-state index in [9.17, 15) is 0 Å². The summed E-state index contributed by atoms with van der Waals surface area (Å²) in [7, 11) is 1.57. The van der Waals surface area contributed by atoms with Crippen LogP contribution in [-0.4, -0.2) is 7.11 Å². The predicted molar refractivity (Wildman–Crippen MR) is 25.0 cm³/mol. The van der Waals surface area contributed by atoms with E-state index in [-0.39, 0.29) is 0 Å². The Hall–Kier alpha value is -0.660. The van der Waals surface area contributed by atoms with Crippen molar-refractivity contribution in [2.24, 2.45) is 5.73 Å². The summed E-state index contributed by atoms with van der Waals surface area (Å²) in [5.74, 6) is 0. The predicted octanol–water partition coefficient (Wildman–Crippen LogP) is 0.453. The average Bonchev–Trinajstić information content (AvgIpc) is 1.35. The second-order valence-corrected chi connectivity index (χ2v) is 1.10. The van der Waals surface area contributed by atoms with E-state index in [0.717, 1.165) is 0 Å². The van der Waals surface area contributed by atoms with Gasteiger partial charge in [-0.1, -0.05) is 0 Å². The van der Waals surface area contributed by atoms with Crippen molar-refractivity contribution in [1.82, 2.24) is 0 Å². The molecule has 0 rings (SSSR count). The van der Waals surface area contributed by atoms with Crippen LogP contribution in [0.4, 0.5) is 0 Å². The number of methoxy groups -OCH3 is 1. The van der Waals surface area contributed by atoms with Crippen molar-refractivity contribution in [3.8, 4) is 0 Å². The van der Waals surface area contributed by atoms with Gasteiger partial charge in [-0.25, -0.2) is 0 Å². The lowest BCUT2D eigenvalue weighted by Gasteiger charge is -1.85. The molecule has 0 aromatic heterocycles. The fourth-order valence-electron chi connectivity index (χ4n) is 0.186. The molecule has 0 atom stereocenters. The molecule has 0 aliphatic carbocycles. The van der Waals surface area contributed by atoms with E-state index < -0.39 is 0 Å². The molecule has 0 radical (unpaired) electrons. The zero-order valence-electron chi connectivity index (χ0n) is 4.06. The SMILES string of the molecule is CO/C=C(/C)N. The number of hydrogen-bond donors (Lipinski definition) is 1. The Morgan fingerprint density at radius 3 is 2.33 bits per heavy atom. The molecular formula is C4H9NO. The molecule has 0 aromatic rings. The molecule has 6 heavy (non-hydrogen) atoms. The van der Waals surface area contributed by atoms with Crippen LogP contribution in [0, 0.1) is 0 Å². The Morgan fingerprint density at radius 2 is 2.33 bits per heavy atom. The molecule has 0 heterocycles. The quantitative estimate of drug-likeness (QED) is 0.471. The number of ether oxygens (including phenoxy) is 1. The van der Waals surface area contributed by atoms with Gasteiger partial charge in [0.2, 0.25) is 0 Å². The van der Waals surface area contributed by atoms with Crippen LogP contribution in [0.3, 0.4) is 0 Å². The summed E-state index contributed by atoms with van der Waals surface area (Å²) >= 11 is 0. The van der Waals surface area contributed by atoms with Gasteiger partial charge in [-0.3, -0.25) is 0 Å². The van der Waals surface area contributed by atoms with Crippen LogP contribution in [0.5, 0.6) is 0 Å². The van der Waals surface area contributed by atoms with Crippen molar-refractivity contribution in [2.75, 3.05) is 7.11 Å². The van der Waals surface area contributed by atoms with E-state index in [1.54, 1.807) is 14.0 Å². The average molecular weight is 87.1 g/mol. The summed E-state index contributed by atoms with van der Waals surface area (Å²) in [5, 5.41) is 0. The lowest BCUT2D eigenvalue weighted by molar-refractivity contribution is 0.333. The maximum absolute atomic E-state index is 5.14. The summed E-state index contributed by atoms with van der Waals surface area (Å²) in [6.07, 6.45) is 1.49. The van der Waals surface area contributed by atoms with Gasteiger partial charge in [0.05, 0.1) is 7.11 Å². The monoisotopic (exact) mass is 87.1 g/mol. The first-order valence-electron chi connectivity index (χ1n) is 1.72. The molecule has 0 bridgehead atoms. The van der Waals surface area contributed by atoms with Crippen molar-refractivity contribution >= 4 is 0 Å². The summed E-state index contributed by atoms with van der Waals surface area (Å²) < 4.78 is 4.52. The highest BCUT2D eigenvalue weighted by Gasteiger charge is 1.67. The summed E-state index contributed by atoms with van der Waals surface area (Å²) in [6.45, 7) is 1.77. The lowest BCUT2D eigenvalue weighted by atomic mass is 10.6. The van der Waals surface area contributed by atoms with Crippen LogP contribution in [0.25, 0.3) is 0 Å². The second-order valence-electron chi connectivity index (χ2n) is 1.10. The molecule has 2 heteroatoms. The highest BCUT2D eigenvalue weighted by Crippen LogP contribution is 1.75. The van der Waals surface area contributed by atoms with Gasteiger partial charge in [0.15, 0.2) is 0 Å². The molecule has 36 valence electrons. The zero-order chi connectivity index (χ0) is 4.99. The Kier molecular flexibility index (Phi) is 2.29. The fraction of sp³-hybridized carbons (Fsp3) is 0.500. The van der Waals surface area contributed by atoms with Gasteiger partial charge >= 0.3 is 0 Å². The Morgan fingerprint density at radius 1 is 1.83 bits per heavy atom. The first kappa shape index (κ1) is 5.34. The molecule has 2 nitrogen and oxygen atoms in total. The van der Waals surface area contributed by atoms with Gasteiger partial charge < -0.3 is 10.5 Å². The first-order valence-corrected chi connectivity index (χ1v) is 1.72. The minimum absolute atomic E-state index is 0.692. The largest absolute Gasteiger partial charge is 0.503 e. The summed E-state index contributed by atoms with van der Waals surface area (Å²) in [4.78, 5) is 0. The van der Waals surface area contributed by atoms with Gasteiger partial charge in [0.25, 0.3) is 0 Å². The second kappa shape index (κ2) is 2.57. The molecule has 0 unspecified atom stereocenters. The lowest BCUT2D eigenvalue weighted by Crippen LogP contribution is -1.89. The maximum atomic E-state index is 5.14. The van der Waals surface area contributed by atoms with Crippen LogP contribution in [0.1, 0.15) is 6.92 Å².